The van der Waals surface area contributed by atoms with Crippen LogP contribution in [0.5, 0.6) is 0 Å². The molecule has 6 N–H and O–H groups in total. The van der Waals surface area contributed by atoms with Crippen LogP contribution in [0, 0.1) is 16.2 Å². The lowest BCUT2D eigenvalue weighted by Gasteiger charge is -2.22. The standard InChI is InChI=1S/C21H31NO5.C16H23NO3.C15H21NO3/c1-20(2,3)17(23)13-15-10-8-14(9-11-15)12-16(18(24)26-7)22-19(25)27-21(4,5)6;1-16(2,3)14(18)10-12-7-5-11(6-8-12)9-13(17)15(19)20-4;1-15(2,3)13(17)9-11-6-4-10(5-7-11)8-12(16)14(18)19/h8-11,16H,12-13H2,1-7H3,(H,22,25);5-8,13H,9-10,17H2,1-4H3;4-7,12H,8-9,16H2,1-3H3,(H,18,19)/t16-;13-;12-/m000/s1. The van der Waals surface area contributed by atoms with Gasteiger partial charge in [0.2, 0.25) is 0 Å². The Labute approximate surface area is 391 Å². The van der Waals surface area contributed by atoms with Crippen LogP contribution in [-0.2, 0) is 81.5 Å². The van der Waals surface area contributed by atoms with E-state index in [-0.39, 0.29) is 40.0 Å². The molecular formula is C52H75N3O11. The highest BCUT2D eigenvalue weighted by Gasteiger charge is 2.27. The van der Waals surface area contributed by atoms with E-state index in [1.165, 1.54) is 14.2 Å². The molecule has 0 radical (unpaired) electrons. The van der Waals surface area contributed by atoms with Crippen molar-refractivity contribution in [3.8, 4) is 0 Å². The highest BCUT2D eigenvalue weighted by atomic mass is 16.6. The number of Topliss-reactive ketones (excluding diaryl/α,β-unsaturated/α-hetero) is 3. The van der Waals surface area contributed by atoms with Crippen LogP contribution in [0.4, 0.5) is 4.79 Å². The number of nitrogens with one attached hydrogen (secondary N) is 1. The largest absolute Gasteiger partial charge is 0.480 e. The second-order valence-corrected chi connectivity index (χ2v) is 20.4. The molecule has 1 amide bonds. The summed E-state index contributed by atoms with van der Waals surface area (Å²) in [6.07, 6.45) is 1.50. The van der Waals surface area contributed by atoms with Gasteiger partial charge in [-0.25, -0.2) is 9.59 Å². The van der Waals surface area contributed by atoms with E-state index >= 15 is 0 Å². The van der Waals surface area contributed by atoms with E-state index in [1.807, 2.05) is 135 Å². The van der Waals surface area contributed by atoms with Gasteiger partial charge >= 0.3 is 24.0 Å². The molecular weight excluding hydrogens is 843 g/mol. The number of benzene rings is 3. The summed E-state index contributed by atoms with van der Waals surface area (Å²) in [5.41, 5.74) is 14.9. The molecule has 0 aromatic heterocycles. The van der Waals surface area contributed by atoms with Gasteiger partial charge in [-0.05, 0) is 67.0 Å². The van der Waals surface area contributed by atoms with E-state index in [0.29, 0.717) is 32.1 Å². The Morgan fingerprint density at radius 1 is 0.485 bits per heavy atom. The van der Waals surface area contributed by atoms with Crippen molar-refractivity contribution in [1.82, 2.24) is 5.32 Å². The van der Waals surface area contributed by atoms with Crippen molar-refractivity contribution in [2.24, 2.45) is 27.7 Å². The molecule has 0 aliphatic heterocycles. The van der Waals surface area contributed by atoms with Crippen LogP contribution in [-0.4, -0.2) is 84.4 Å². The lowest BCUT2D eigenvalue weighted by Crippen LogP contribution is -2.45. The third kappa shape index (κ3) is 22.9. The van der Waals surface area contributed by atoms with Gasteiger partial charge in [0.05, 0.1) is 14.2 Å². The van der Waals surface area contributed by atoms with Gasteiger partial charge in [-0.2, -0.15) is 0 Å². The molecule has 66 heavy (non-hydrogen) atoms. The zero-order valence-corrected chi connectivity index (χ0v) is 41.6. The van der Waals surface area contributed by atoms with Crippen molar-refractivity contribution in [1.29, 1.82) is 0 Å². The molecule has 0 unspecified atom stereocenters. The van der Waals surface area contributed by atoms with Gasteiger partial charge in [-0.1, -0.05) is 135 Å². The Kier molecular flexibility index (Phi) is 22.8. The molecule has 3 aromatic rings. The number of hydrogen-bond donors (Lipinski definition) is 4. The first-order chi connectivity index (χ1) is 30.2. The summed E-state index contributed by atoms with van der Waals surface area (Å²) in [6, 6.07) is 20.0. The average Bonchev–Trinajstić information content (AvgIpc) is 3.20. The maximum atomic E-state index is 12.1. The van der Waals surface area contributed by atoms with Gasteiger partial charge in [-0.15, -0.1) is 0 Å². The van der Waals surface area contributed by atoms with Crippen LogP contribution in [0.1, 0.15) is 116 Å². The van der Waals surface area contributed by atoms with Gasteiger partial charge in [0, 0.05) is 41.9 Å². The number of aliphatic carboxylic acids is 1. The molecule has 14 heteroatoms. The summed E-state index contributed by atoms with van der Waals surface area (Å²) in [5.74, 6) is -1.43. The summed E-state index contributed by atoms with van der Waals surface area (Å²) in [4.78, 5) is 81.8. The van der Waals surface area contributed by atoms with E-state index in [4.69, 9.17) is 26.0 Å². The number of ether oxygens (including phenoxy) is 3. The maximum absolute atomic E-state index is 12.1. The van der Waals surface area contributed by atoms with E-state index in [9.17, 15) is 33.6 Å². The summed E-state index contributed by atoms with van der Waals surface area (Å²) in [6.45, 7) is 22.4. The number of esters is 2. The van der Waals surface area contributed by atoms with E-state index in [1.54, 1.807) is 20.8 Å². The monoisotopic (exact) mass is 918 g/mol. The fourth-order valence-electron chi connectivity index (χ4n) is 5.58. The SMILES string of the molecule is CC(C)(C)C(=O)Cc1ccc(C[C@H](N)C(=O)O)cc1.COC(=O)[C@@H](N)Cc1ccc(CC(=O)C(C)(C)C)cc1.COC(=O)[C@H](Cc1ccc(CC(=O)C(C)(C)C)cc1)NC(=O)OC(C)(C)C. The van der Waals surface area contributed by atoms with Gasteiger partial charge in [0.15, 0.2) is 0 Å². The van der Waals surface area contributed by atoms with Crippen molar-refractivity contribution in [3.05, 3.63) is 106 Å². The zero-order valence-electron chi connectivity index (χ0n) is 41.6. The summed E-state index contributed by atoms with van der Waals surface area (Å²) in [5, 5.41) is 11.3. The van der Waals surface area contributed by atoms with E-state index < -0.39 is 47.7 Å². The van der Waals surface area contributed by atoms with Crippen LogP contribution in [0.15, 0.2) is 72.8 Å². The van der Waals surface area contributed by atoms with Crippen LogP contribution in [0.25, 0.3) is 0 Å². The predicted molar refractivity (Wildman–Crippen MR) is 256 cm³/mol. The first kappa shape index (κ1) is 58.3. The number of amides is 1. The molecule has 0 heterocycles. The fraction of sp³-hybridized carbons (Fsp3) is 0.519. The van der Waals surface area contributed by atoms with Gasteiger partial charge in [-0.3, -0.25) is 24.0 Å². The normalized spacial score (nSPS) is 12.9. The molecule has 0 saturated heterocycles. The third-order valence-corrected chi connectivity index (χ3v) is 10.0. The van der Waals surface area contributed by atoms with E-state index in [0.717, 1.165) is 33.4 Å². The second kappa shape index (κ2) is 25.8. The Morgan fingerprint density at radius 2 is 0.773 bits per heavy atom. The Balaban J connectivity index is 0.000000505. The molecule has 14 nitrogen and oxygen atoms in total. The third-order valence-electron chi connectivity index (χ3n) is 10.0. The van der Waals surface area contributed by atoms with Crippen molar-refractivity contribution >= 4 is 41.4 Å². The summed E-state index contributed by atoms with van der Waals surface area (Å²) < 4.78 is 14.6. The number of nitrogens with two attached hydrogens (primary N) is 2. The van der Waals surface area contributed by atoms with Crippen LogP contribution >= 0.6 is 0 Å². The molecule has 3 aromatic carbocycles. The van der Waals surface area contributed by atoms with Crippen LogP contribution in [0.2, 0.25) is 0 Å². The second-order valence-electron chi connectivity index (χ2n) is 20.4. The van der Waals surface area contributed by atoms with Crippen molar-refractivity contribution in [3.63, 3.8) is 0 Å². The van der Waals surface area contributed by atoms with Crippen molar-refractivity contribution < 1.29 is 52.9 Å². The number of carboxylic acids is 1. The number of rotatable bonds is 16. The summed E-state index contributed by atoms with van der Waals surface area (Å²) in [7, 11) is 2.59. The lowest BCUT2D eigenvalue weighted by molar-refractivity contribution is -0.143. The minimum Gasteiger partial charge on any atom is -0.480 e. The zero-order chi connectivity index (χ0) is 50.8. The molecule has 3 atom stereocenters. The molecule has 0 aliphatic carbocycles. The lowest BCUT2D eigenvalue weighted by atomic mass is 9.87. The number of alkyl carbamates (subject to hydrolysis) is 1. The molecule has 0 saturated carbocycles. The number of ketones is 3. The van der Waals surface area contributed by atoms with Crippen LogP contribution in [0.3, 0.4) is 0 Å². The van der Waals surface area contributed by atoms with Crippen LogP contribution < -0.4 is 16.8 Å². The number of hydrogen-bond acceptors (Lipinski definition) is 12. The summed E-state index contributed by atoms with van der Waals surface area (Å²) >= 11 is 0. The minimum atomic E-state index is -1.01. The Morgan fingerprint density at radius 3 is 1.05 bits per heavy atom. The predicted octanol–water partition coefficient (Wildman–Crippen LogP) is 7.14. The quantitative estimate of drug-likeness (QED) is 0.0828. The van der Waals surface area contributed by atoms with Crippen molar-refractivity contribution in [2.45, 2.75) is 145 Å². The first-order valence-corrected chi connectivity index (χ1v) is 22.0. The number of carbonyl (C=O) groups excluding carboxylic acids is 6. The molecule has 0 spiro atoms. The number of methoxy groups -OCH3 is 2. The fourth-order valence-corrected chi connectivity index (χ4v) is 5.58. The Bertz CT molecular complexity index is 2070. The highest BCUT2D eigenvalue weighted by molar-refractivity contribution is 5.87. The van der Waals surface area contributed by atoms with E-state index in [2.05, 4.69) is 10.1 Å². The van der Waals surface area contributed by atoms with Gasteiger partial charge in [0.25, 0.3) is 0 Å². The molecule has 3 rings (SSSR count). The van der Waals surface area contributed by atoms with Gasteiger partial charge < -0.3 is 36.1 Å². The molecule has 0 bridgehead atoms. The smallest absolute Gasteiger partial charge is 0.408 e. The molecule has 364 valence electrons. The minimum absolute atomic E-state index is 0.161. The molecule has 0 fully saturated rings. The number of carbonyl (C=O) groups is 7. The van der Waals surface area contributed by atoms with Crippen molar-refractivity contribution in [2.75, 3.05) is 14.2 Å². The number of carboxylic acid groups (broad SMARTS) is 1. The van der Waals surface area contributed by atoms with Gasteiger partial charge in [0.1, 0.15) is 41.1 Å². The molecule has 0 aliphatic rings. The topological polar surface area (TPSA) is 231 Å². The Hall–Kier alpha value is -5.73. The first-order valence-electron chi connectivity index (χ1n) is 22.0. The highest BCUT2D eigenvalue weighted by Crippen LogP contribution is 2.21. The average molecular weight is 918 g/mol. The maximum Gasteiger partial charge on any atom is 0.408 e.